The van der Waals surface area contributed by atoms with Crippen LogP contribution in [0.3, 0.4) is 0 Å². The van der Waals surface area contributed by atoms with E-state index in [-0.39, 0.29) is 17.8 Å². The van der Waals surface area contributed by atoms with Gasteiger partial charge in [0.15, 0.2) is 0 Å². The number of fused-ring (bicyclic) bond motifs is 1. The number of carbonyl (C=O) groups excluding carboxylic acids is 1. The summed E-state index contributed by atoms with van der Waals surface area (Å²) in [5.74, 6) is -0.525. The third-order valence-corrected chi connectivity index (χ3v) is 5.73. The summed E-state index contributed by atoms with van der Waals surface area (Å²) < 4.78 is 1.24. The number of benzene rings is 2. The maximum atomic E-state index is 13.1. The van der Waals surface area contributed by atoms with Crippen LogP contribution in [0.5, 0.6) is 0 Å². The van der Waals surface area contributed by atoms with E-state index in [0.29, 0.717) is 15.8 Å². The molecule has 0 radical (unpaired) electrons. The Hall–Kier alpha value is -4.18. The maximum absolute atomic E-state index is 13.1. The molecule has 0 aliphatic carbocycles. The third-order valence-electron chi connectivity index (χ3n) is 4.72. The number of nitro benzene ring substituents is 1. The molecule has 0 spiro atoms. The molecule has 4 rings (SSSR count). The van der Waals surface area contributed by atoms with Gasteiger partial charge in [0.2, 0.25) is 0 Å². The Morgan fingerprint density at radius 1 is 1.25 bits per heavy atom. The van der Waals surface area contributed by atoms with Crippen molar-refractivity contribution in [1.82, 2.24) is 15.0 Å². The summed E-state index contributed by atoms with van der Waals surface area (Å²) in [4.78, 5) is 41.7. The lowest BCUT2D eigenvalue weighted by atomic mass is 10.0. The van der Waals surface area contributed by atoms with E-state index in [1.54, 1.807) is 6.07 Å². The first kappa shape index (κ1) is 21.1. The molecule has 1 amide bonds. The number of hydrogen-bond acceptors (Lipinski definition) is 7. The van der Waals surface area contributed by atoms with E-state index >= 15 is 0 Å². The second-order valence-corrected chi connectivity index (χ2v) is 8.11. The molecule has 0 fully saturated rings. The molecule has 160 valence electrons. The lowest BCUT2D eigenvalue weighted by Gasteiger charge is -2.06. The van der Waals surface area contributed by atoms with Crippen molar-refractivity contribution in [3.05, 3.63) is 91.8 Å². The Morgan fingerprint density at radius 2 is 2.03 bits per heavy atom. The SMILES string of the molecule is Cc1sc2ncn(CC(=O)N/N=C/c3cccc([N+](=O)[O-])c3)c(=O)c2c1-c1ccccc1. The molecule has 32 heavy (non-hydrogen) atoms. The second-order valence-electron chi connectivity index (χ2n) is 6.90. The summed E-state index contributed by atoms with van der Waals surface area (Å²) in [7, 11) is 0. The van der Waals surface area contributed by atoms with Gasteiger partial charge in [0.25, 0.3) is 17.2 Å². The molecule has 0 atom stereocenters. The van der Waals surface area contributed by atoms with E-state index in [1.165, 1.54) is 46.6 Å². The van der Waals surface area contributed by atoms with E-state index in [2.05, 4.69) is 15.5 Å². The number of non-ortho nitro benzene ring substituents is 1. The first-order valence-corrected chi connectivity index (χ1v) is 10.4. The van der Waals surface area contributed by atoms with E-state index in [4.69, 9.17) is 0 Å². The second kappa shape index (κ2) is 8.90. The number of hydrogen-bond donors (Lipinski definition) is 1. The predicted molar refractivity (Wildman–Crippen MR) is 123 cm³/mol. The molecule has 2 aromatic carbocycles. The quantitative estimate of drug-likeness (QED) is 0.276. The van der Waals surface area contributed by atoms with Crippen molar-refractivity contribution in [1.29, 1.82) is 0 Å². The van der Waals surface area contributed by atoms with Crippen LogP contribution in [0, 0.1) is 17.0 Å². The Labute approximate surface area is 185 Å². The van der Waals surface area contributed by atoms with Crippen LogP contribution in [0.4, 0.5) is 5.69 Å². The highest BCUT2D eigenvalue weighted by atomic mass is 32.1. The summed E-state index contributed by atoms with van der Waals surface area (Å²) >= 11 is 1.43. The standard InChI is InChI=1S/C22H17N5O4S/c1-14-19(16-7-3-2-4-8-16)20-21(32-14)23-13-26(22(20)29)12-18(28)25-24-11-15-6-5-9-17(10-15)27(30)31/h2-11,13H,12H2,1H3,(H,25,28)/b24-11+. The van der Waals surface area contributed by atoms with E-state index in [1.807, 2.05) is 37.3 Å². The molecule has 0 bridgehead atoms. The highest BCUT2D eigenvalue weighted by Crippen LogP contribution is 2.35. The van der Waals surface area contributed by atoms with Crippen LogP contribution >= 0.6 is 11.3 Å². The predicted octanol–water partition coefficient (Wildman–Crippen LogP) is 3.49. The molecule has 9 nitrogen and oxygen atoms in total. The van der Waals surface area contributed by atoms with Crippen LogP contribution in [-0.2, 0) is 11.3 Å². The van der Waals surface area contributed by atoms with E-state index in [9.17, 15) is 19.7 Å². The lowest BCUT2D eigenvalue weighted by molar-refractivity contribution is -0.384. The van der Waals surface area contributed by atoms with E-state index in [0.717, 1.165) is 16.0 Å². The minimum absolute atomic E-state index is 0.0773. The topological polar surface area (TPSA) is 119 Å². The summed E-state index contributed by atoms with van der Waals surface area (Å²) in [6.07, 6.45) is 2.64. The molecule has 0 aliphatic rings. The summed E-state index contributed by atoms with van der Waals surface area (Å²) in [5.41, 5.74) is 4.14. The molecular weight excluding hydrogens is 430 g/mol. The van der Waals surface area contributed by atoms with E-state index < -0.39 is 10.8 Å². The Balaban J connectivity index is 1.55. The van der Waals surface area contributed by atoms with Gasteiger partial charge in [0, 0.05) is 28.1 Å². The smallest absolute Gasteiger partial charge is 0.270 e. The van der Waals surface area contributed by atoms with Crippen molar-refractivity contribution >= 4 is 39.4 Å². The third kappa shape index (κ3) is 4.30. The van der Waals surface area contributed by atoms with Crippen molar-refractivity contribution < 1.29 is 9.72 Å². The minimum Gasteiger partial charge on any atom is -0.289 e. The normalized spacial score (nSPS) is 11.2. The zero-order valence-electron chi connectivity index (χ0n) is 16.9. The molecule has 0 saturated carbocycles. The molecule has 2 aromatic heterocycles. The number of nitrogens with zero attached hydrogens (tertiary/aromatic N) is 4. The van der Waals surface area contributed by atoms with Gasteiger partial charge < -0.3 is 0 Å². The van der Waals surface area contributed by atoms with Gasteiger partial charge in [-0.15, -0.1) is 11.3 Å². The largest absolute Gasteiger partial charge is 0.289 e. The van der Waals surface area contributed by atoms with Crippen LogP contribution in [0.2, 0.25) is 0 Å². The number of hydrazone groups is 1. The van der Waals surface area contributed by atoms with Crippen molar-refractivity contribution in [2.24, 2.45) is 5.10 Å². The number of rotatable bonds is 6. The van der Waals surface area contributed by atoms with Crippen molar-refractivity contribution in [2.75, 3.05) is 0 Å². The zero-order valence-corrected chi connectivity index (χ0v) is 17.7. The molecule has 4 aromatic rings. The van der Waals surface area contributed by atoms with Crippen LogP contribution in [0.15, 0.2) is 70.8 Å². The number of thiophene rings is 1. The summed E-state index contributed by atoms with van der Waals surface area (Å²) in [6, 6.07) is 15.4. The number of nitro groups is 1. The fourth-order valence-corrected chi connectivity index (χ4v) is 4.29. The highest BCUT2D eigenvalue weighted by Gasteiger charge is 2.17. The monoisotopic (exact) mass is 447 g/mol. The summed E-state index contributed by atoms with van der Waals surface area (Å²) in [6.45, 7) is 1.67. The van der Waals surface area contributed by atoms with Gasteiger partial charge in [0.1, 0.15) is 11.4 Å². The molecular formula is C22H17N5O4S. The fraction of sp³-hybridized carbons (Fsp3) is 0.0909. The van der Waals surface area contributed by atoms with Crippen molar-refractivity contribution in [3.8, 4) is 11.1 Å². The van der Waals surface area contributed by atoms with Crippen molar-refractivity contribution in [2.45, 2.75) is 13.5 Å². The van der Waals surface area contributed by atoms with Crippen LogP contribution in [-0.4, -0.2) is 26.6 Å². The Kier molecular flexibility index (Phi) is 5.86. The molecule has 0 saturated heterocycles. The van der Waals surface area contributed by atoms with Gasteiger partial charge in [-0.3, -0.25) is 24.3 Å². The lowest BCUT2D eigenvalue weighted by Crippen LogP contribution is -2.30. The number of amides is 1. The minimum atomic E-state index is -0.525. The highest BCUT2D eigenvalue weighted by molar-refractivity contribution is 7.19. The van der Waals surface area contributed by atoms with Crippen molar-refractivity contribution in [3.63, 3.8) is 0 Å². The van der Waals surface area contributed by atoms with Gasteiger partial charge in [0.05, 0.1) is 22.9 Å². The average Bonchev–Trinajstić information content (AvgIpc) is 3.13. The number of carbonyl (C=O) groups is 1. The first-order valence-electron chi connectivity index (χ1n) is 9.54. The van der Waals surface area contributed by atoms with Gasteiger partial charge >= 0.3 is 0 Å². The number of aromatic nitrogens is 2. The van der Waals surface area contributed by atoms with Crippen LogP contribution in [0.1, 0.15) is 10.4 Å². The molecule has 0 unspecified atom stereocenters. The summed E-state index contributed by atoms with van der Waals surface area (Å²) in [5, 5.41) is 15.1. The maximum Gasteiger partial charge on any atom is 0.270 e. The van der Waals surface area contributed by atoms with Gasteiger partial charge in [-0.25, -0.2) is 10.4 Å². The first-order chi connectivity index (χ1) is 15.4. The molecule has 2 heterocycles. The van der Waals surface area contributed by atoms with Gasteiger partial charge in [-0.2, -0.15) is 5.10 Å². The fourth-order valence-electron chi connectivity index (χ4n) is 3.29. The zero-order chi connectivity index (χ0) is 22.7. The van der Waals surface area contributed by atoms with Gasteiger partial charge in [-0.05, 0) is 12.5 Å². The van der Waals surface area contributed by atoms with Gasteiger partial charge in [-0.1, -0.05) is 42.5 Å². The van der Waals surface area contributed by atoms with Crippen LogP contribution < -0.4 is 11.0 Å². The van der Waals surface area contributed by atoms with Crippen LogP contribution in [0.25, 0.3) is 21.3 Å². The number of aryl methyl sites for hydroxylation is 1. The Bertz CT molecular complexity index is 1410. The Morgan fingerprint density at radius 3 is 2.78 bits per heavy atom. The molecule has 10 heteroatoms. The molecule has 1 N–H and O–H groups in total. The molecule has 0 aliphatic heterocycles. The average molecular weight is 447 g/mol. The number of nitrogens with one attached hydrogen (secondary N) is 1.